The smallest absolute Gasteiger partial charge is 0.328 e. The Morgan fingerprint density at radius 3 is 2.77 bits per heavy atom. The summed E-state index contributed by atoms with van der Waals surface area (Å²) in [6.07, 6.45) is 6.29. The van der Waals surface area contributed by atoms with Crippen molar-refractivity contribution in [1.82, 2.24) is 0 Å². The van der Waals surface area contributed by atoms with Crippen LogP contribution in [0, 0.1) is 0 Å². The number of carboxylic acids is 1. The van der Waals surface area contributed by atoms with Crippen LogP contribution in [0.1, 0.15) is 5.56 Å². The first-order valence-corrected chi connectivity index (χ1v) is 3.90. The van der Waals surface area contributed by atoms with Gasteiger partial charge in [0.2, 0.25) is 0 Å². The van der Waals surface area contributed by atoms with E-state index in [-0.39, 0.29) is 0 Å². The summed E-state index contributed by atoms with van der Waals surface area (Å²) < 4.78 is 6.28. The molecule has 0 bridgehead atoms. The number of aliphatic carboxylic acids is 1. The fourth-order valence-electron chi connectivity index (χ4n) is 0.865. The number of carbonyl (C=O) groups is 1. The lowest BCUT2D eigenvalue weighted by molar-refractivity contribution is -0.131. The molecule has 0 heterocycles. The first-order valence-electron chi connectivity index (χ1n) is 4.30. The maximum Gasteiger partial charge on any atom is 0.328 e. The van der Waals surface area contributed by atoms with Crippen molar-refractivity contribution in [3.05, 3.63) is 54.1 Å². The summed E-state index contributed by atoms with van der Waals surface area (Å²) in [6, 6.07) is 9.70. The van der Waals surface area contributed by atoms with Crippen molar-refractivity contribution >= 4 is 12.0 Å². The molecule has 66 valence electrons. The van der Waals surface area contributed by atoms with Crippen LogP contribution in [0.2, 0.25) is 0 Å². The maximum absolute atomic E-state index is 10.5. The molecule has 0 saturated carbocycles. The summed E-state index contributed by atoms with van der Waals surface area (Å²) in [6.45, 7) is 0. The molecule has 0 fully saturated rings. The van der Waals surface area contributed by atoms with E-state index in [1.165, 1.54) is 12.2 Å². The van der Waals surface area contributed by atoms with Crippen LogP contribution in [0.25, 0.3) is 7.51 Å². The number of hydrogen-bond donors (Lipinski definition) is 1. The van der Waals surface area contributed by atoms with Gasteiger partial charge in [-0.1, -0.05) is 48.6 Å². The second-order valence-corrected chi connectivity index (χ2v) is 2.45. The molecule has 0 saturated heterocycles. The molecular weight excluding hydrogens is 164 g/mol. The highest BCUT2D eigenvalue weighted by atomic mass is 16.4. The van der Waals surface area contributed by atoms with Crippen molar-refractivity contribution in [3.63, 3.8) is 0 Å². The predicted octanol–water partition coefficient (Wildman–Crippen LogP) is 2.34. The topological polar surface area (TPSA) is 37.3 Å². The molecule has 2 heteroatoms. The number of benzene rings is 1. The molecule has 0 radical (unpaired) electrons. The molecular formula is C11H10O2. The van der Waals surface area contributed by atoms with Crippen molar-refractivity contribution in [3.8, 4) is 0 Å². The summed E-state index contributed by atoms with van der Waals surface area (Å²) in [7, 11) is 0. The summed E-state index contributed by atoms with van der Waals surface area (Å²) >= 11 is 0. The van der Waals surface area contributed by atoms with E-state index in [1.807, 2.05) is 36.4 Å². The SMILES string of the molecule is [2H]OC(=O)C=CC=Cc1ccccc1. The van der Waals surface area contributed by atoms with E-state index in [0.717, 1.165) is 5.56 Å². The summed E-state index contributed by atoms with van der Waals surface area (Å²) in [4.78, 5) is 10.5. The summed E-state index contributed by atoms with van der Waals surface area (Å²) in [5.74, 6) is -0.678. The van der Waals surface area contributed by atoms with E-state index in [1.54, 1.807) is 6.08 Å². The molecule has 1 N–H and O–H groups in total. The fourth-order valence-corrected chi connectivity index (χ4v) is 0.865. The lowest BCUT2D eigenvalue weighted by atomic mass is 10.2. The molecule has 0 atom stereocenters. The Bertz CT molecular complexity index is 342. The monoisotopic (exact) mass is 175 g/mol. The lowest BCUT2D eigenvalue weighted by Crippen LogP contribution is -1.84. The van der Waals surface area contributed by atoms with E-state index >= 15 is 0 Å². The first kappa shape index (κ1) is 7.80. The molecule has 13 heavy (non-hydrogen) atoms. The Kier molecular flexibility index (Phi) is 2.96. The number of hydrogen-bond acceptors (Lipinski definition) is 2. The maximum atomic E-state index is 10.5. The van der Waals surface area contributed by atoms with Crippen LogP contribution in [0.3, 0.4) is 0 Å². The molecule has 0 unspecified atom stereocenters. The summed E-state index contributed by atoms with van der Waals surface area (Å²) in [5, 5.41) is 3.69. The molecule has 0 amide bonds. The van der Waals surface area contributed by atoms with E-state index in [0.29, 0.717) is 0 Å². The van der Waals surface area contributed by atoms with Crippen molar-refractivity contribution in [2.45, 2.75) is 0 Å². The van der Waals surface area contributed by atoms with E-state index in [2.05, 4.69) is 5.11 Å². The standard InChI is InChI=1S/C11H10O2/c12-11(13)9-5-4-8-10-6-2-1-3-7-10/h1-9H,(H,12,13)/i/hD. The van der Waals surface area contributed by atoms with Gasteiger partial charge in [0, 0.05) is 6.08 Å². The van der Waals surface area contributed by atoms with Gasteiger partial charge in [0.15, 0.2) is 0 Å². The minimum atomic E-state index is -0.678. The Balaban J connectivity index is 2.50. The summed E-state index contributed by atoms with van der Waals surface area (Å²) in [5.41, 5.74) is 1.05. The van der Waals surface area contributed by atoms with E-state index in [9.17, 15) is 4.79 Å². The van der Waals surface area contributed by atoms with Crippen LogP contribution in [-0.2, 0) is 4.79 Å². The average Bonchev–Trinajstić information content (AvgIpc) is 2.25. The number of allylic oxidation sites excluding steroid dienone is 2. The lowest BCUT2D eigenvalue weighted by Gasteiger charge is -1.87. The molecule has 0 aliphatic heterocycles. The molecule has 0 aliphatic carbocycles. The van der Waals surface area contributed by atoms with Gasteiger partial charge in [0.05, 0.1) is 0 Å². The van der Waals surface area contributed by atoms with Gasteiger partial charge in [-0.25, -0.2) is 4.79 Å². The predicted molar refractivity (Wildman–Crippen MR) is 52.3 cm³/mol. The largest absolute Gasteiger partial charge is 0.478 e. The third kappa shape index (κ3) is 3.91. The zero-order chi connectivity index (χ0) is 10.2. The fraction of sp³-hybridized carbons (Fsp3) is 0. The van der Waals surface area contributed by atoms with Gasteiger partial charge < -0.3 is 5.11 Å². The van der Waals surface area contributed by atoms with Crippen molar-refractivity contribution in [1.29, 1.82) is 1.43 Å². The zero-order valence-corrected chi connectivity index (χ0v) is 7.01. The average molecular weight is 175 g/mol. The second kappa shape index (κ2) is 4.93. The molecule has 0 aliphatic rings. The van der Waals surface area contributed by atoms with Gasteiger partial charge in [-0.15, -0.1) is 0 Å². The van der Waals surface area contributed by atoms with Gasteiger partial charge in [-0.3, -0.25) is 0 Å². The van der Waals surface area contributed by atoms with Crippen LogP contribution in [0.15, 0.2) is 48.6 Å². The Labute approximate surface area is 78.3 Å². The van der Waals surface area contributed by atoms with Crippen LogP contribution in [-0.4, -0.2) is 11.1 Å². The van der Waals surface area contributed by atoms with E-state index < -0.39 is 5.97 Å². The molecule has 2 nitrogen and oxygen atoms in total. The third-order valence-corrected chi connectivity index (χ3v) is 1.43. The van der Waals surface area contributed by atoms with Crippen LogP contribution < -0.4 is 0 Å². The van der Waals surface area contributed by atoms with Gasteiger partial charge in [0.1, 0.15) is 0 Å². The Hall–Kier alpha value is -1.83. The quantitative estimate of drug-likeness (QED) is 0.565. The number of carboxylic acid groups (broad SMARTS) is 1. The first-order chi connectivity index (χ1) is 6.83. The Morgan fingerprint density at radius 2 is 2.08 bits per heavy atom. The van der Waals surface area contributed by atoms with Crippen molar-refractivity contribution in [2.24, 2.45) is 0 Å². The van der Waals surface area contributed by atoms with Crippen LogP contribution in [0.5, 0.6) is 0 Å². The molecule has 0 aromatic heterocycles. The van der Waals surface area contributed by atoms with Gasteiger partial charge in [0.25, 0.3) is 1.43 Å². The highest BCUT2D eigenvalue weighted by molar-refractivity contribution is 5.80. The second-order valence-electron chi connectivity index (χ2n) is 2.45. The third-order valence-electron chi connectivity index (χ3n) is 1.43. The normalized spacial score (nSPS) is 11.8. The highest BCUT2D eigenvalue weighted by Gasteiger charge is 1.82. The number of rotatable bonds is 3. The van der Waals surface area contributed by atoms with Gasteiger partial charge in [-0.05, 0) is 5.56 Å². The minimum absolute atomic E-state index is 0.678. The van der Waals surface area contributed by atoms with E-state index in [4.69, 9.17) is 1.43 Å². The van der Waals surface area contributed by atoms with Gasteiger partial charge >= 0.3 is 5.97 Å². The zero-order valence-electron chi connectivity index (χ0n) is 8.01. The minimum Gasteiger partial charge on any atom is -0.478 e. The highest BCUT2D eigenvalue weighted by Crippen LogP contribution is 2.00. The van der Waals surface area contributed by atoms with Crippen molar-refractivity contribution < 1.29 is 9.90 Å². The van der Waals surface area contributed by atoms with Crippen molar-refractivity contribution in [2.75, 3.05) is 0 Å². The van der Waals surface area contributed by atoms with Gasteiger partial charge in [-0.2, -0.15) is 0 Å². The van der Waals surface area contributed by atoms with Crippen LogP contribution in [0.4, 0.5) is 0 Å². The molecule has 1 aromatic carbocycles. The Morgan fingerprint density at radius 1 is 1.31 bits per heavy atom. The molecule has 1 aromatic rings. The molecule has 1 rings (SSSR count). The molecule has 0 spiro atoms. The van der Waals surface area contributed by atoms with Crippen LogP contribution >= 0.6 is 0 Å².